The first-order chi connectivity index (χ1) is 52.1. The lowest BCUT2D eigenvalue weighted by Gasteiger charge is -1.95. The highest BCUT2D eigenvalue weighted by Gasteiger charge is 2.07. The summed E-state index contributed by atoms with van der Waals surface area (Å²) in [7, 11) is 4.02. The lowest BCUT2D eigenvalue weighted by molar-refractivity contribution is 0.560. The normalized spacial score (nSPS) is 9.30. The van der Waals surface area contributed by atoms with Crippen molar-refractivity contribution < 1.29 is 8.83 Å². The van der Waals surface area contributed by atoms with Crippen LogP contribution in [-0.4, -0.2) is 77.7 Å². The van der Waals surface area contributed by atoms with Gasteiger partial charge >= 0.3 is 0 Å². The van der Waals surface area contributed by atoms with Crippen molar-refractivity contribution in [1.29, 1.82) is 0 Å². The average Bonchev–Trinajstić information content (AvgIpc) is 1.67. The fraction of sp³-hybridized carbons (Fsp3) is 0.409. The van der Waals surface area contributed by atoms with Crippen molar-refractivity contribution >= 4 is 99.2 Å². The molecule has 0 bridgehead atoms. The van der Waals surface area contributed by atoms with Crippen LogP contribution >= 0.6 is 22.7 Å². The second-order valence-electron chi connectivity index (χ2n) is 21.4. The van der Waals surface area contributed by atoms with Crippen LogP contribution in [0, 0.1) is 96.9 Å². The smallest absolute Gasteiger partial charge is 0.233 e. The van der Waals surface area contributed by atoms with Gasteiger partial charge in [-0.15, -0.1) is 22.7 Å². The minimum atomic E-state index is 0.665. The molecule has 16 rings (SSSR count). The molecule has 0 N–H and O–H groups in total. The van der Waals surface area contributed by atoms with Crippen LogP contribution < -0.4 is 0 Å². The molecule has 108 heavy (non-hydrogen) atoms. The Bertz CT molecular complexity index is 4620. The highest BCUT2D eigenvalue weighted by atomic mass is 32.1. The van der Waals surface area contributed by atoms with E-state index in [1.54, 1.807) is 41.3 Å². The van der Waals surface area contributed by atoms with Crippen molar-refractivity contribution in [2.24, 2.45) is 14.1 Å². The fourth-order valence-corrected chi connectivity index (χ4v) is 10.7. The number of imidazole rings is 4. The number of fused-ring (bicyclic) bond motifs is 8. The van der Waals surface area contributed by atoms with E-state index in [2.05, 4.69) is 140 Å². The molecule has 13 aromatic heterocycles. The lowest BCUT2D eigenvalue weighted by Crippen LogP contribution is -1.92. The van der Waals surface area contributed by atoms with Gasteiger partial charge in [0.25, 0.3) is 0 Å². The Hall–Kier alpha value is -9.92. The van der Waals surface area contributed by atoms with Crippen LogP contribution in [0.2, 0.25) is 0 Å². The Morgan fingerprint density at radius 2 is 0.796 bits per heavy atom. The Labute approximate surface area is 656 Å². The van der Waals surface area contributed by atoms with E-state index >= 15 is 0 Å². The maximum atomic E-state index is 5.31. The van der Waals surface area contributed by atoms with Crippen LogP contribution in [0.4, 0.5) is 0 Å². The molecule has 0 radical (unpaired) electrons. The summed E-state index contributed by atoms with van der Waals surface area (Å²) in [6.45, 7) is 68.0. The quantitative estimate of drug-likeness (QED) is 0.139. The van der Waals surface area contributed by atoms with E-state index in [-0.39, 0.29) is 0 Å². The van der Waals surface area contributed by atoms with E-state index in [9.17, 15) is 0 Å². The van der Waals surface area contributed by atoms with E-state index in [0.717, 1.165) is 100 Å². The predicted octanol–water partition coefficient (Wildman–Crippen LogP) is 26.2. The van der Waals surface area contributed by atoms with Gasteiger partial charge in [-0.3, -0.25) is 4.40 Å². The fourth-order valence-electron chi connectivity index (χ4n) is 8.96. The van der Waals surface area contributed by atoms with E-state index < -0.39 is 0 Å². The number of hydrogen-bond donors (Lipinski definition) is 0. The first-order valence-corrected chi connectivity index (χ1v) is 40.1. The molecule has 588 valence electrons. The Morgan fingerprint density at radius 3 is 1.44 bits per heavy atom. The van der Waals surface area contributed by atoms with Gasteiger partial charge in [-0.2, -0.15) is 4.98 Å². The third-order valence-corrected chi connectivity index (χ3v) is 15.4. The van der Waals surface area contributed by atoms with Gasteiger partial charge in [-0.05, 0) is 195 Å². The topological polar surface area (TPSA) is 200 Å². The lowest BCUT2D eigenvalue weighted by atomic mass is 10.2. The van der Waals surface area contributed by atoms with Gasteiger partial charge in [0, 0.05) is 88.9 Å². The molecule has 0 amide bonds. The molecular weight excluding hydrogens is 1380 g/mol. The number of benzene rings is 3. The molecule has 0 saturated carbocycles. The first kappa shape index (κ1) is 100. The summed E-state index contributed by atoms with van der Waals surface area (Å²) in [6, 6.07) is 32.8. The van der Waals surface area contributed by atoms with Gasteiger partial charge in [-0.25, -0.2) is 54.8 Å². The van der Waals surface area contributed by atoms with E-state index in [0.29, 0.717) is 11.5 Å². The molecule has 0 saturated heterocycles. The van der Waals surface area contributed by atoms with Crippen LogP contribution in [0.3, 0.4) is 0 Å². The van der Waals surface area contributed by atoms with Crippen molar-refractivity contribution in [2.75, 3.05) is 0 Å². The van der Waals surface area contributed by atoms with Crippen molar-refractivity contribution in [3.63, 3.8) is 0 Å². The van der Waals surface area contributed by atoms with Crippen LogP contribution in [0.5, 0.6) is 0 Å². The van der Waals surface area contributed by atoms with Crippen molar-refractivity contribution in [2.45, 2.75) is 235 Å². The number of oxazole rings is 2. The Kier molecular flexibility index (Phi) is 52.3. The van der Waals surface area contributed by atoms with Gasteiger partial charge in [0.15, 0.2) is 39.9 Å². The summed E-state index contributed by atoms with van der Waals surface area (Å²) >= 11 is 3.44. The number of aromatic nitrogens is 16. The van der Waals surface area contributed by atoms with Crippen LogP contribution in [-0.2, 0) is 14.1 Å². The first-order valence-electron chi connectivity index (χ1n) is 38.5. The average molecular weight is 1510 g/mol. The summed E-state index contributed by atoms with van der Waals surface area (Å²) in [4.78, 5) is 50.8. The van der Waals surface area contributed by atoms with E-state index in [1.165, 1.54) is 42.7 Å². The van der Waals surface area contributed by atoms with Gasteiger partial charge in [0.1, 0.15) is 28.3 Å². The highest BCUT2D eigenvalue weighted by Crippen LogP contribution is 2.23. The third kappa shape index (κ3) is 33.1. The zero-order chi connectivity index (χ0) is 82.8. The van der Waals surface area contributed by atoms with E-state index in [4.69, 9.17) is 8.83 Å². The summed E-state index contributed by atoms with van der Waals surface area (Å²) in [5, 5.41) is 2.23. The second-order valence-corrected chi connectivity index (χ2v) is 23.8. The van der Waals surface area contributed by atoms with Gasteiger partial charge in [-0.1, -0.05) is 157 Å². The maximum absolute atomic E-state index is 5.31. The zero-order valence-electron chi connectivity index (χ0n) is 72.6. The van der Waals surface area contributed by atoms with Crippen LogP contribution in [0.15, 0.2) is 155 Å². The summed E-state index contributed by atoms with van der Waals surface area (Å²) in [6.07, 6.45) is 14.9. The number of pyridine rings is 4. The molecule has 0 aliphatic carbocycles. The number of aryl methyl sites for hydroxylation is 16. The SMILES string of the molecule is CC.CC.CC.CC.CC.CC.CC.CC.CC.CC.Cc1ccc2c(c1)nc(C)n2C.Cc1ccc2nc(C)n(C)c2n1.Cc1ccc2oc(C)nc2c1.Cc1ccc2sc(C)nc2c1.Cc1ccn2ccnc2c1.Cc1ccn2ccnc2n1.Cc1cnc2nc(C)oc2c1.Cc1cnc2nc(C)sc2c1. The third-order valence-electron chi connectivity index (χ3n) is 13.6. The number of rotatable bonds is 0. The van der Waals surface area contributed by atoms with Gasteiger partial charge < -0.3 is 22.4 Å². The molecule has 0 unspecified atom stereocenters. The molecule has 13 heterocycles. The predicted molar refractivity (Wildman–Crippen MR) is 470 cm³/mol. The van der Waals surface area contributed by atoms with Crippen molar-refractivity contribution in [3.05, 3.63) is 225 Å². The monoisotopic (exact) mass is 1510 g/mol. The number of hydrogen-bond acceptors (Lipinski definition) is 16. The standard InChI is InChI=1S/C10H12N2.C9H11N3.C9H9NO.C9H9NS.C8H8N2O.C8H8N2S.C8H8N2.C7H7N3.10C2H6/c1-7-4-5-10-9(6-7)11-8(2)12(10)3;1-6-4-5-8-9(10-6)12(3)7(2)11-8;2*1-6-3-4-9-8(5-6)10-7(2)11-9;2*1-5-3-7-8(9-4-5)10-6(2)11-7;1-7-2-4-10-5-3-9-8(10)6-7;1-6-2-4-10-5-3-8-7(10)9-6;10*1-2/h4-6H,1-3H3;4-5H,1-3H3;2*3-5H,1-2H3;2*3-4H,1-2H3;2-6H,1H3;2-5H,1H3;10*1-2H3. The van der Waals surface area contributed by atoms with Crippen LogP contribution in [0.1, 0.15) is 217 Å². The van der Waals surface area contributed by atoms with Gasteiger partial charge in [0.2, 0.25) is 5.78 Å². The Balaban J connectivity index is 0. The molecule has 3 aromatic carbocycles. The summed E-state index contributed by atoms with van der Waals surface area (Å²) < 4.78 is 21.0. The van der Waals surface area contributed by atoms with Crippen LogP contribution in [0.25, 0.3) is 76.5 Å². The molecule has 0 atom stereocenters. The highest BCUT2D eigenvalue weighted by molar-refractivity contribution is 7.18. The molecule has 20 heteroatoms. The number of thiazole rings is 2. The number of nitrogens with zero attached hydrogens (tertiary/aromatic N) is 16. The minimum Gasteiger partial charge on any atom is -0.441 e. The molecule has 0 aliphatic rings. The molecule has 0 fully saturated rings. The van der Waals surface area contributed by atoms with Gasteiger partial charge in [0.05, 0.1) is 36.0 Å². The molecule has 18 nitrogen and oxygen atoms in total. The largest absolute Gasteiger partial charge is 0.441 e. The molecule has 16 aromatic rings. The molecular formula is C88H132N16O2S2. The summed E-state index contributed by atoms with van der Waals surface area (Å²) in [5.41, 5.74) is 19.9. The molecule has 0 aliphatic heterocycles. The zero-order valence-corrected chi connectivity index (χ0v) is 74.3. The Morgan fingerprint density at radius 1 is 0.315 bits per heavy atom. The van der Waals surface area contributed by atoms with E-state index in [1.807, 2.05) is 316 Å². The summed E-state index contributed by atoms with van der Waals surface area (Å²) in [5.74, 6) is 4.22. The molecule has 0 spiro atoms. The van der Waals surface area contributed by atoms with Crippen molar-refractivity contribution in [1.82, 2.24) is 77.7 Å². The van der Waals surface area contributed by atoms with Crippen molar-refractivity contribution in [3.8, 4) is 0 Å². The maximum Gasteiger partial charge on any atom is 0.233 e. The minimum absolute atomic E-state index is 0.665. The second kappa shape index (κ2) is 56.4.